The number of thiazole rings is 1. The Hall–Kier alpha value is -2.68. The zero-order chi connectivity index (χ0) is 16.1. The molecule has 0 atom stereocenters. The van der Waals surface area contributed by atoms with E-state index in [0.717, 1.165) is 27.2 Å². The van der Waals surface area contributed by atoms with Crippen molar-refractivity contribution in [2.24, 2.45) is 0 Å². The predicted molar refractivity (Wildman–Crippen MR) is 81.5 cm³/mol. The smallest absolute Gasteiger partial charge is 0.178 e. The number of H-pyrrole nitrogens is 1. The average Bonchev–Trinajstić information content (AvgIpc) is 3.21. The molecule has 3 heterocycles. The van der Waals surface area contributed by atoms with E-state index in [1.165, 1.54) is 16.0 Å². The highest BCUT2D eigenvalue weighted by Gasteiger charge is 2.18. The van der Waals surface area contributed by atoms with Crippen LogP contribution in [-0.4, -0.2) is 30.2 Å². The molecule has 0 bridgehead atoms. The molecular weight excluding hydrogens is 322 g/mol. The number of halogens is 2. The van der Waals surface area contributed by atoms with E-state index in [0.29, 0.717) is 0 Å². The van der Waals surface area contributed by atoms with Gasteiger partial charge >= 0.3 is 0 Å². The zero-order valence-electron chi connectivity index (χ0n) is 12.1. The molecular formula is C14H10F2N6S. The monoisotopic (exact) mass is 332 g/mol. The molecule has 6 nitrogen and oxygen atoms in total. The fraction of sp³-hybridized carbons (Fsp3) is 0.143. The minimum Gasteiger partial charge on any atom is -0.246 e. The van der Waals surface area contributed by atoms with Gasteiger partial charge in [-0.1, -0.05) is 0 Å². The molecule has 0 aliphatic rings. The topological polar surface area (TPSA) is 72.3 Å². The number of fused-ring (bicyclic) bond motifs is 1. The Bertz CT molecular complexity index is 1030. The molecule has 0 aliphatic heterocycles. The second-order valence-electron chi connectivity index (χ2n) is 5.03. The maximum atomic E-state index is 14.5. The predicted octanol–water partition coefficient (Wildman–Crippen LogP) is 3.16. The molecule has 1 aromatic carbocycles. The molecule has 0 spiro atoms. The fourth-order valence-corrected chi connectivity index (χ4v) is 3.36. The Morgan fingerprint density at radius 3 is 2.70 bits per heavy atom. The molecule has 1 N–H and O–H groups in total. The van der Waals surface area contributed by atoms with Crippen LogP contribution in [0.25, 0.3) is 27.2 Å². The largest absolute Gasteiger partial charge is 0.246 e. The van der Waals surface area contributed by atoms with Crippen molar-refractivity contribution in [3.63, 3.8) is 0 Å². The van der Waals surface area contributed by atoms with Crippen molar-refractivity contribution < 1.29 is 8.78 Å². The minimum absolute atomic E-state index is 0.0194. The van der Waals surface area contributed by atoms with E-state index in [1.807, 2.05) is 13.8 Å². The third-order valence-electron chi connectivity index (χ3n) is 3.47. The molecule has 0 amide bonds. The number of aromatic nitrogens is 6. The zero-order valence-corrected chi connectivity index (χ0v) is 12.9. The van der Waals surface area contributed by atoms with Crippen LogP contribution < -0.4 is 0 Å². The first-order valence-corrected chi connectivity index (χ1v) is 7.54. The van der Waals surface area contributed by atoms with Crippen LogP contribution in [0.4, 0.5) is 8.78 Å². The van der Waals surface area contributed by atoms with Crippen molar-refractivity contribution in [1.82, 2.24) is 30.2 Å². The van der Waals surface area contributed by atoms with Gasteiger partial charge in [0.2, 0.25) is 0 Å². The Kier molecular flexibility index (Phi) is 2.98. The molecule has 0 saturated carbocycles. The number of aryl methyl sites for hydroxylation is 2. The number of benzene rings is 1. The summed E-state index contributed by atoms with van der Waals surface area (Å²) in [5, 5.41) is 14.5. The van der Waals surface area contributed by atoms with E-state index >= 15 is 0 Å². The van der Waals surface area contributed by atoms with Crippen molar-refractivity contribution in [1.29, 1.82) is 0 Å². The number of hydrogen-bond acceptors (Lipinski definition) is 5. The SMILES string of the molecule is Cc1nc(C)c(-c2cnn(-c3cc(F)c4n[nH]nc4c3F)c2)s1. The van der Waals surface area contributed by atoms with Gasteiger partial charge in [0.05, 0.1) is 21.8 Å². The second kappa shape index (κ2) is 4.92. The van der Waals surface area contributed by atoms with Gasteiger partial charge in [0, 0.05) is 17.8 Å². The van der Waals surface area contributed by atoms with Gasteiger partial charge in [0.15, 0.2) is 22.7 Å². The van der Waals surface area contributed by atoms with E-state index in [-0.39, 0.29) is 16.7 Å². The lowest BCUT2D eigenvalue weighted by molar-refractivity contribution is 0.601. The third-order valence-corrected chi connectivity index (χ3v) is 4.59. The maximum absolute atomic E-state index is 14.5. The molecule has 4 aromatic rings. The highest BCUT2D eigenvalue weighted by atomic mass is 32.1. The number of rotatable bonds is 2. The van der Waals surface area contributed by atoms with Crippen molar-refractivity contribution in [3.8, 4) is 16.1 Å². The lowest BCUT2D eigenvalue weighted by atomic mass is 10.2. The molecule has 9 heteroatoms. The van der Waals surface area contributed by atoms with Crippen LogP contribution in [0.5, 0.6) is 0 Å². The van der Waals surface area contributed by atoms with Crippen LogP contribution >= 0.6 is 11.3 Å². The Morgan fingerprint density at radius 1 is 1.17 bits per heavy atom. The third kappa shape index (κ3) is 2.12. The van der Waals surface area contributed by atoms with E-state index in [9.17, 15) is 8.78 Å². The van der Waals surface area contributed by atoms with Gasteiger partial charge in [0.25, 0.3) is 0 Å². The van der Waals surface area contributed by atoms with Crippen LogP contribution in [0, 0.1) is 25.5 Å². The van der Waals surface area contributed by atoms with Crippen molar-refractivity contribution in [2.45, 2.75) is 13.8 Å². The van der Waals surface area contributed by atoms with Crippen LogP contribution in [0.15, 0.2) is 18.5 Å². The summed E-state index contributed by atoms with van der Waals surface area (Å²) in [5.41, 5.74) is 1.38. The number of aromatic amines is 1. The van der Waals surface area contributed by atoms with Gasteiger partial charge < -0.3 is 0 Å². The first kappa shape index (κ1) is 13.9. The highest BCUT2D eigenvalue weighted by molar-refractivity contribution is 7.15. The average molecular weight is 332 g/mol. The lowest BCUT2D eigenvalue weighted by Crippen LogP contribution is -2.00. The minimum atomic E-state index is -0.679. The molecule has 0 radical (unpaired) electrons. The molecule has 0 unspecified atom stereocenters. The standard InChI is InChI=1S/C14H10F2N6S/c1-6-14(23-7(2)18-6)8-4-17-22(5-8)10-3-9(15)12-13(11(10)16)20-21-19-12/h3-5H,1-2H3,(H,19,20,21). The van der Waals surface area contributed by atoms with E-state index < -0.39 is 11.6 Å². The van der Waals surface area contributed by atoms with Gasteiger partial charge in [-0.25, -0.2) is 18.4 Å². The number of nitrogens with zero attached hydrogens (tertiary/aromatic N) is 5. The van der Waals surface area contributed by atoms with Crippen LogP contribution in [0.3, 0.4) is 0 Å². The molecule has 116 valence electrons. The van der Waals surface area contributed by atoms with Crippen molar-refractivity contribution >= 4 is 22.4 Å². The van der Waals surface area contributed by atoms with Gasteiger partial charge in [-0.3, -0.25) is 0 Å². The van der Waals surface area contributed by atoms with Gasteiger partial charge in [0.1, 0.15) is 5.69 Å². The highest BCUT2D eigenvalue weighted by Crippen LogP contribution is 2.31. The van der Waals surface area contributed by atoms with E-state index in [2.05, 4.69) is 25.5 Å². The summed E-state index contributed by atoms with van der Waals surface area (Å²) in [6, 6.07) is 1.06. The molecule has 23 heavy (non-hydrogen) atoms. The van der Waals surface area contributed by atoms with Crippen molar-refractivity contribution in [3.05, 3.63) is 40.8 Å². The molecule has 4 rings (SSSR count). The lowest BCUT2D eigenvalue weighted by Gasteiger charge is -2.03. The van der Waals surface area contributed by atoms with Crippen LogP contribution in [0.2, 0.25) is 0 Å². The normalized spacial score (nSPS) is 11.5. The number of nitrogens with one attached hydrogen (secondary N) is 1. The van der Waals surface area contributed by atoms with Gasteiger partial charge in [-0.15, -0.1) is 11.3 Å². The molecule has 0 aliphatic carbocycles. The summed E-state index contributed by atoms with van der Waals surface area (Å²) in [5.74, 6) is -1.34. The van der Waals surface area contributed by atoms with E-state index in [1.54, 1.807) is 12.4 Å². The van der Waals surface area contributed by atoms with E-state index in [4.69, 9.17) is 0 Å². The fourth-order valence-electron chi connectivity index (χ4n) is 2.46. The first-order chi connectivity index (χ1) is 11.0. The molecule has 0 saturated heterocycles. The molecule has 3 aromatic heterocycles. The quantitative estimate of drug-likeness (QED) is 0.612. The van der Waals surface area contributed by atoms with Gasteiger partial charge in [-0.2, -0.15) is 20.5 Å². The summed E-state index contributed by atoms with van der Waals surface area (Å²) in [7, 11) is 0. The Labute approximate surface area is 132 Å². The first-order valence-electron chi connectivity index (χ1n) is 6.72. The maximum Gasteiger partial charge on any atom is 0.178 e. The summed E-state index contributed by atoms with van der Waals surface area (Å²) < 4.78 is 29.8. The number of hydrogen-bond donors (Lipinski definition) is 1. The van der Waals surface area contributed by atoms with Crippen LogP contribution in [-0.2, 0) is 0 Å². The van der Waals surface area contributed by atoms with Crippen molar-refractivity contribution in [2.75, 3.05) is 0 Å². The summed E-state index contributed by atoms with van der Waals surface area (Å²) in [6.07, 6.45) is 3.24. The van der Waals surface area contributed by atoms with Crippen LogP contribution in [0.1, 0.15) is 10.7 Å². The Morgan fingerprint density at radius 2 is 1.96 bits per heavy atom. The summed E-state index contributed by atoms with van der Waals surface area (Å²) in [4.78, 5) is 5.32. The van der Waals surface area contributed by atoms with Gasteiger partial charge in [-0.05, 0) is 13.8 Å². The summed E-state index contributed by atoms with van der Waals surface area (Å²) >= 11 is 1.53. The summed E-state index contributed by atoms with van der Waals surface area (Å²) in [6.45, 7) is 3.82. The molecule has 0 fully saturated rings. The Balaban J connectivity index is 1.86. The second-order valence-corrected chi connectivity index (χ2v) is 6.24.